The number of hydrogen-bond donors (Lipinski definition) is 1. The second kappa shape index (κ2) is 10.4. The van der Waals surface area contributed by atoms with Crippen molar-refractivity contribution in [3.63, 3.8) is 0 Å². The summed E-state index contributed by atoms with van der Waals surface area (Å²) in [5.41, 5.74) is 1.20. The first-order chi connectivity index (χ1) is 17.2. The van der Waals surface area contributed by atoms with E-state index in [-0.39, 0.29) is 24.9 Å². The number of ether oxygens (including phenoxy) is 1. The van der Waals surface area contributed by atoms with E-state index in [4.69, 9.17) is 16.3 Å². The van der Waals surface area contributed by atoms with Crippen LogP contribution in [0.3, 0.4) is 0 Å². The molecule has 3 aliphatic rings. The fourth-order valence-corrected chi connectivity index (χ4v) is 6.84. The van der Waals surface area contributed by atoms with Gasteiger partial charge in [-0.2, -0.15) is 13.2 Å². The molecule has 196 valence electrons. The first-order valence-corrected chi connectivity index (χ1v) is 13.5. The molecule has 8 heteroatoms. The van der Waals surface area contributed by atoms with Crippen LogP contribution in [0, 0.1) is 11.8 Å². The number of piperidine rings is 2. The Kier molecular flexibility index (Phi) is 7.42. The highest BCUT2D eigenvalue weighted by molar-refractivity contribution is 6.37. The van der Waals surface area contributed by atoms with E-state index in [1.807, 2.05) is 18.2 Å². The van der Waals surface area contributed by atoms with Gasteiger partial charge in [0, 0.05) is 24.0 Å². The van der Waals surface area contributed by atoms with Crippen LogP contribution in [0.5, 0.6) is 5.75 Å². The molecule has 0 spiro atoms. The van der Waals surface area contributed by atoms with Gasteiger partial charge >= 0.3 is 12.1 Å². The Morgan fingerprint density at radius 2 is 1.72 bits per heavy atom. The molecule has 2 bridgehead atoms. The summed E-state index contributed by atoms with van der Waals surface area (Å²) in [4.78, 5) is 14.1. The number of hydrogen-bond acceptors (Lipinski definition) is 3. The SMILES string of the molecule is O=C(O)C1CC2CCC[C@@H](C1)N2CCc1ccc2c(Cl)c(OC3CCC(C(F)(F)F)CC3)ccc2c1. The maximum absolute atomic E-state index is 12.9. The summed E-state index contributed by atoms with van der Waals surface area (Å²) in [6, 6.07) is 10.7. The summed E-state index contributed by atoms with van der Waals surface area (Å²) in [5.74, 6) is -1.57. The van der Waals surface area contributed by atoms with Crippen LogP contribution in [-0.2, 0) is 11.2 Å². The topological polar surface area (TPSA) is 49.8 Å². The zero-order chi connectivity index (χ0) is 25.4. The zero-order valence-electron chi connectivity index (χ0n) is 20.3. The van der Waals surface area contributed by atoms with E-state index in [1.165, 1.54) is 12.0 Å². The lowest BCUT2D eigenvalue weighted by molar-refractivity contribution is -0.185. The Hall–Kier alpha value is -1.99. The highest BCUT2D eigenvalue weighted by Crippen LogP contribution is 2.41. The van der Waals surface area contributed by atoms with Gasteiger partial charge in [-0.1, -0.05) is 42.3 Å². The number of benzene rings is 2. The van der Waals surface area contributed by atoms with E-state index in [9.17, 15) is 23.1 Å². The van der Waals surface area contributed by atoms with Crippen LogP contribution in [0.15, 0.2) is 30.3 Å². The number of carboxylic acid groups (broad SMARTS) is 1. The molecular weight excluding hydrogens is 491 g/mol. The number of nitrogens with zero attached hydrogens (tertiary/aromatic N) is 1. The van der Waals surface area contributed by atoms with Crippen molar-refractivity contribution in [3.05, 3.63) is 40.9 Å². The molecule has 3 atom stereocenters. The Bertz CT molecular complexity index is 1090. The molecule has 3 fully saturated rings. The van der Waals surface area contributed by atoms with E-state index in [0.717, 1.165) is 49.4 Å². The number of carboxylic acids is 1. The molecule has 0 amide bonds. The van der Waals surface area contributed by atoms with Crippen molar-refractivity contribution in [2.75, 3.05) is 6.54 Å². The quantitative estimate of drug-likeness (QED) is 0.433. The summed E-state index contributed by atoms with van der Waals surface area (Å²) >= 11 is 6.66. The second-order valence-corrected chi connectivity index (χ2v) is 11.2. The molecule has 2 saturated heterocycles. The van der Waals surface area contributed by atoms with Crippen molar-refractivity contribution >= 4 is 28.3 Å². The summed E-state index contributed by atoms with van der Waals surface area (Å²) in [5, 5.41) is 11.9. The third-order valence-electron chi connectivity index (χ3n) is 8.55. The molecule has 0 radical (unpaired) electrons. The van der Waals surface area contributed by atoms with Gasteiger partial charge in [-0.3, -0.25) is 9.69 Å². The first kappa shape index (κ1) is 25.7. The standard InChI is InChI=1S/C28H33ClF3NO3/c29-26-24-10-4-17(12-13-33-21-2-1-3-22(33)16-19(15-21)27(34)35)14-18(24)5-11-25(26)36-23-8-6-20(7-9-23)28(30,31)32/h4-5,10-11,14,19-23H,1-3,6-9,12-13,15-16H2,(H,34,35)/t19?,20?,21-,22?,23?/m0/s1. The van der Waals surface area contributed by atoms with Crippen LogP contribution in [0.25, 0.3) is 10.8 Å². The Morgan fingerprint density at radius 3 is 2.36 bits per heavy atom. The number of fused-ring (bicyclic) bond motifs is 3. The fraction of sp³-hybridized carbons (Fsp3) is 0.607. The van der Waals surface area contributed by atoms with Gasteiger partial charge in [-0.15, -0.1) is 0 Å². The molecule has 2 unspecified atom stereocenters. The summed E-state index contributed by atoms with van der Waals surface area (Å²) < 4.78 is 44.9. The third-order valence-corrected chi connectivity index (χ3v) is 8.94. The smallest absolute Gasteiger partial charge is 0.391 e. The maximum Gasteiger partial charge on any atom is 0.391 e. The number of aliphatic carboxylic acids is 1. The van der Waals surface area contributed by atoms with Crippen LogP contribution in [-0.4, -0.2) is 46.9 Å². The van der Waals surface area contributed by atoms with Crippen LogP contribution in [0.2, 0.25) is 5.02 Å². The zero-order valence-corrected chi connectivity index (χ0v) is 21.0. The average molecular weight is 524 g/mol. The van der Waals surface area contributed by atoms with Crippen molar-refractivity contribution in [1.29, 1.82) is 0 Å². The lowest BCUT2D eigenvalue weighted by Crippen LogP contribution is -2.53. The van der Waals surface area contributed by atoms with Crippen molar-refractivity contribution in [3.8, 4) is 5.75 Å². The first-order valence-electron chi connectivity index (χ1n) is 13.1. The predicted molar refractivity (Wildman–Crippen MR) is 134 cm³/mol. The van der Waals surface area contributed by atoms with Crippen molar-refractivity contribution in [2.45, 2.75) is 88.6 Å². The van der Waals surface area contributed by atoms with Gasteiger partial charge in [-0.05, 0) is 74.8 Å². The molecule has 36 heavy (non-hydrogen) atoms. The van der Waals surface area contributed by atoms with Crippen LogP contribution in [0.1, 0.15) is 63.4 Å². The van der Waals surface area contributed by atoms with Gasteiger partial charge in [0.05, 0.1) is 23.0 Å². The highest BCUT2D eigenvalue weighted by Gasteiger charge is 2.42. The minimum absolute atomic E-state index is 0.0957. The Balaban J connectivity index is 1.22. The third kappa shape index (κ3) is 5.47. The lowest BCUT2D eigenvalue weighted by atomic mass is 9.78. The maximum atomic E-state index is 12.9. The van der Waals surface area contributed by atoms with E-state index < -0.39 is 18.1 Å². The van der Waals surface area contributed by atoms with Crippen molar-refractivity contribution < 1.29 is 27.8 Å². The van der Waals surface area contributed by atoms with Crippen LogP contribution < -0.4 is 4.74 Å². The van der Waals surface area contributed by atoms with Crippen molar-refractivity contribution in [2.24, 2.45) is 11.8 Å². The molecule has 2 heterocycles. The van der Waals surface area contributed by atoms with Gasteiger partial charge < -0.3 is 9.84 Å². The highest BCUT2D eigenvalue weighted by atomic mass is 35.5. The summed E-state index contributed by atoms with van der Waals surface area (Å²) in [7, 11) is 0. The van der Waals surface area contributed by atoms with Gasteiger partial charge in [-0.25, -0.2) is 0 Å². The molecule has 2 aliphatic heterocycles. The Morgan fingerprint density at radius 1 is 1.03 bits per heavy atom. The molecule has 1 N–H and O–H groups in total. The van der Waals surface area contributed by atoms with Gasteiger partial charge in [0.15, 0.2) is 0 Å². The van der Waals surface area contributed by atoms with Gasteiger partial charge in [0.25, 0.3) is 0 Å². The molecular formula is C28H33ClF3NO3. The van der Waals surface area contributed by atoms with E-state index in [1.54, 1.807) is 0 Å². The van der Waals surface area contributed by atoms with Crippen molar-refractivity contribution in [1.82, 2.24) is 4.90 Å². The number of alkyl halides is 3. The molecule has 1 aliphatic carbocycles. The van der Waals surface area contributed by atoms with E-state index in [2.05, 4.69) is 17.0 Å². The molecule has 2 aromatic rings. The normalized spacial score (nSPS) is 29.3. The number of halogens is 4. The van der Waals surface area contributed by atoms with Crippen LogP contribution in [0.4, 0.5) is 13.2 Å². The van der Waals surface area contributed by atoms with Gasteiger partial charge in [0.2, 0.25) is 0 Å². The van der Waals surface area contributed by atoms with E-state index >= 15 is 0 Å². The summed E-state index contributed by atoms with van der Waals surface area (Å²) in [6.45, 7) is 0.919. The number of carbonyl (C=O) groups is 1. The molecule has 2 aromatic carbocycles. The molecule has 5 rings (SSSR count). The second-order valence-electron chi connectivity index (χ2n) is 10.8. The van der Waals surface area contributed by atoms with E-state index in [0.29, 0.717) is 35.7 Å². The largest absolute Gasteiger partial charge is 0.489 e. The minimum atomic E-state index is -4.13. The van der Waals surface area contributed by atoms with Crippen LogP contribution >= 0.6 is 11.6 Å². The predicted octanol–water partition coefficient (Wildman–Crippen LogP) is 7.25. The summed E-state index contributed by atoms with van der Waals surface area (Å²) in [6.07, 6.45) is 2.30. The molecule has 0 aromatic heterocycles. The Labute approximate surface area is 214 Å². The fourth-order valence-electron chi connectivity index (χ4n) is 6.56. The molecule has 1 saturated carbocycles. The van der Waals surface area contributed by atoms with Gasteiger partial charge in [0.1, 0.15) is 5.75 Å². The average Bonchev–Trinajstić information content (AvgIpc) is 2.83. The molecule has 4 nitrogen and oxygen atoms in total. The monoisotopic (exact) mass is 523 g/mol. The minimum Gasteiger partial charge on any atom is -0.489 e. The lowest BCUT2D eigenvalue weighted by Gasteiger charge is -2.48. The number of rotatable bonds is 6.